The quantitative estimate of drug-likeness (QED) is 0.811. The van der Waals surface area contributed by atoms with Crippen molar-refractivity contribution in [1.82, 2.24) is 4.98 Å². The van der Waals surface area contributed by atoms with Crippen LogP contribution in [0.5, 0.6) is 0 Å². The Hall–Kier alpha value is -1.40. The number of nitrogens with zero attached hydrogens (tertiary/aromatic N) is 2. The Labute approximate surface area is 156 Å². The Balaban J connectivity index is 1.54. The lowest BCUT2D eigenvalue weighted by Gasteiger charge is -2.39. The van der Waals surface area contributed by atoms with Gasteiger partial charge in [0.25, 0.3) is 0 Å². The van der Waals surface area contributed by atoms with Crippen LogP contribution in [0, 0.1) is 12.8 Å². The van der Waals surface area contributed by atoms with Crippen LogP contribution in [0.4, 0.5) is 15.9 Å². The van der Waals surface area contributed by atoms with Crippen LogP contribution in [0.15, 0.2) is 12.1 Å². The lowest BCUT2D eigenvalue weighted by Crippen LogP contribution is -2.47. The molecule has 1 aromatic heterocycles. The molecule has 6 heteroatoms. The number of anilines is 2. The Bertz CT molecular complexity index is 575. The van der Waals surface area contributed by atoms with Crippen LogP contribution in [0.2, 0.25) is 0 Å². The smallest absolute Gasteiger partial charge is 0.128 e. The van der Waals surface area contributed by atoms with Gasteiger partial charge in [0, 0.05) is 32.8 Å². The number of halogens is 1. The summed E-state index contributed by atoms with van der Waals surface area (Å²) in [6.45, 7) is 4.18. The standard InChI is InChI=1S/C20H33FN4O/c1-15-18(23-13-16-3-5-17(22)6-4-16)7-8-19(24-15)25-11-9-20(14-21,26-2)10-12-25/h7-8,16-17,23H,3-6,9-14,22H2,1-2H3. The van der Waals surface area contributed by atoms with E-state index in [4.69, 9.17) is 15.5 Å². The molecule has 1 saturated carbocycles. The summed E-state index contributed by atoms with van der Waals surface area (Å²) in [6.07, 6.45) is 6.10. The lowest BCUT2D eigenvalue weighted by atomic mass is 9.86. The maximum absolute atomic E-state index is 13.3. The monoisotopic (exact) mass is 364 g/mol. The molecule has 0 radical (unpaired) electrons. The molecule has 0 amide bonds. The zero-order valence-electron chi connectivity index (χ0n) is 16.1. The second-order valence-electron chi connectivity index (χ2n) is 7.97. The molecule has 1 aliphatic carbocycles. The number of aromatic nitrogens is 1. The van der Waals surface area contributed by atoms with Gasteiger partial charge in [-0.15, -0.1) is 0 Å². The summed E-state index contributed by atoms with van der Waals surface area (Å²) in [4.78, 5) is 7.01. The molecule has 2 aliphatic rings. The first-order valence-electron chi connectivity index (χ1n) is 9.88. The Morgan fingerprint density at radius 2 is 1.96 bits per heavy atom. The van der Waals surface area contributed by atoms with Crippen LogP contribution < -0.4 is 16.0 Å². The van der Waals surface area contributed by atoms with Crippen molar-refractivity contribution in [2.24, 2.45) is 11.7 Å². The molecule has 0 aromatic carbocycles. The van der Waals surface area contributed by atoms with Crippen molar-refractivity contribution < 1.29 is 9.13 Å². The van der Waals surface area contributed by atoms with Gasteiger partial charge in [-0.3, -0.25) is 0 Å². The third-order valence-electron chi connectivity index (χ3n) is 6.22. The van der Waals surface area contributed by atoms with Crippen LogP contribution in [-0.2, 0) is 4.74 Å². The van der Waals surface area contributed by atoms with E-state index in [1.807, 2.05) is 6.92 Å². The summed E-state index contributed by atoms with van der Waals surface area (Å²) in [5, 5.41) is 3.57. The van der Waals surface area contributed by atoms with Crippen molar-refractivity contribution in [2.45, 2.75) is 57.1 Å². The van der Waals surface area contributed by atoms with Gasteiger partial charge in [-0.1, -0.05) is 0 Å². The first-order valence-corrected chi connectivity index (χ1v) is 9.88. The number of hydrogen-bond donors (Lipinski definition) is 2. The summed E-state index contributed by atoms with van der Waals surface area (Å²) >= 11 is 0. The summed E-state index contributed by atoms with van der Waals surface area (Å²) in [7, 11) is 1.61. The third-order valence-corrected chi connectivity index (χ3v) is 6.22. The van der Waals surface area contributed by atoms with Gasteiger partial charge in [0.2, 0.25) is 0 Å². The van der Waals surface area contributed by atoms with Crippen molar-refractivity contribution in [2.75, 3.05) is 43.6 Å². The summed E-state index contributed by atoms with van der Waals surface area (Å²) in [5.41, 5.74) is 7.51. The summed E-state index contributed by atoms with van der Waals surface area (Å²) in [6, 6.07) is 4.59. The molecule has 146 valence electrons. The van der Waals surface area contributed by atoms with Gasteiger partial charge < -0.3 is 20.7 Å². The van der Waals surface area contributed by atoms with E-state index < -0.39 is 12.3 Å². The number of rotatable bonds is 6. The highest BCUT2D eigenvalue weighted by Gasteiger charge is 2.35. The number of pyridine rings is 1. The first-order chi connectivity index (χ1) is 12.5. The maximum Gasteiger partial charge on any atom is 0.128 e. The number of hydrogen-bond acceptors (Lipinski definition) is 5. The average Bonchev–Trinajstić information content (AvgIpc) is 2.68. The number of aryl methyl sites for hydroxylation is 1. The number of ether oxygens (including phenoxy) is 1. The molecular formula is C20H33FN4O. The predicted molar refractivity (Wildman–Crippen MR) is 105 cm³/mol. The number of piperidine rings is 1. The van der Waals surface area contributed by atoms with Gasteiger partial charge in [0.15, 0.2) is 0 Å². The van der Waals surface area contributed by atoms with Gasteiger partial charge in [-0.05, 0) is 63.5 Å². The van der Waals surface area contributed by atoms with E-state index in [0.717, 1.165) is 49.7 Å². The molecule has 0 atom stereocenters. The van der Waals surface area contributed by atoms with Gasteiger partial charge >= 0.3 is 0 Å². The fraction of sp³-hybridized carbons (Fsp3) is 0.750. The molecule has 0 unspecified atom stereocenters. The fourth-order valence-corrected chi connectivity index (χ4v) is 4.09. The van der Waals surface area contributed by atoms with E-state index in [-0.39, 0.29) is 0 Å². The van der Waals surface area contributed by atoms with Crippen LogP contribution >= 0.6 is 0 Å². The Kier molecular flexibility index (Phi) is 6.35. The van der Waals surface area contributed by atoms with E-state index in [1.54, 1.807) is 7.11 Å². The normalized spacial score (nSPS) is 25.9. The van der Waals surface area contributed by atoms with Crippen molar-refractivity contribution in [3.8, 4) is 0 Å². The van der Waals surface area contributed by atoms with Gasteiger partial charge in [-0.2, -0.15) is 0 Å². The topological polar surface area (TPSA) is 63.4 Å². The van der Waals surface area contributed by atoms with E-state index in [0.29, 0.717) is 24.8 Å². The highest BCUT2D eigenvalue weighted by molar-refractivity contribution is 5.53. The van der Waals surface area contributed by atoms with Crippen LogP contribution in [0.3, 0.4) is 0 Å². The van der Waals surface area contributed by atoms with Crippen LogP contribution in [-0.4, -0.2) is 50.0 Å². The summed E-state index contributed by atoms with van der Waals surface area (Å²) in [5.74, 6) is 1.68. The minimum Gasteiger partial charge on any atom is -0.383 e. The number of nitrogens with one attached hydrogen (secondary N) is 1. The largest absolute Gasteiger partial charge is 0.383 e. The fourth-order valence-electron chi connectivity index (χ4n) is 4.09. The molecule has 26 heavy (non-hydrogen) atoms. The van der Waals surface area contributed by atoms with Crippen molar-refractivity contribution in [3.05, 3.63) is 17.8 Å². The molecule has 5 nitrogen and oxygen atoms in total. The highest BCUT2D eigenvalue weighted by atomic mass is 19.1. The van der Waals surface area contributed by atoms with Crippen molar-refractivity contribution in [3.63, 3.8) is 0 Å². The van der Waals surface area contributed by atoms with Gasteiger partial charge in [0.1, 0.15) is 12.5 Å². The second-order valence-corrected chi connectivity index (χ2v) is 7.97. The van der Waals surface area contributed by atoms with Crippen LogP contribution in [0.25, 0.3) is 0 Å². The van der Waals surface area contributed by atoms with Gasteiger partial charge in [0.05, 0.1) is 17.0 Å². The predicted octanol–water partition coefficient (Wildman–Crippen LogP) is 3.27. The SMILES string of the molecule is COC1(CF)CCN(c2ccc(NCC3CCC(N)CC3)c(C)n2)CC1. The van der Waals surface area contributed by atoms with Gasteiger partial charge in [-0.25, -0.2) is 9.37 Å². The number of nitrogens with two attached hydrogens (primary N) is 1. The second kappa shape index (κ2) is 8.53. The number of methoxy groups -OCH3 is 1. The van der Waals surface area contributed by atoms with Crippen LogP contribution in [0.1, 0.15) is 44.2 Å². The summed E-state index contributed by atoms with van der Waals surface area (Å²) < 4.78 is 18.7. The molecule has 1 aromatic rings. The zero-order valence-corrected chi connectivity index (χ0v) is 16.1. The molecule has 1 saturated heterocycles. The van der Waals surface area contributed by atoms with E-state index in [1.165, 1.54) is 12.8 Å². The molecule has 0 bridgehead atoms. The van der Waals surface area contributed by atoms with E-state index in [9.17, 15) is 4.39 Å². The average molecular weight is 365 g/mol. The minimum absolute atomic E-state index is 0.396. The highest BCUT2D eigenvalue weighted by Crippen LogP contribution is 2.30. The zero-order chi connectivity index (χ0) is 18.6. The molecule has 3 rings (SSSR count). The Morgan fingerprint density at radius 3 is 2.54 bits per heavy atom. The third kappa shape index (κ3) is 4.46. The molecule has 2 fully saturated rings. The number of alkyl halides is 1. The maximum atomic E-state index is 13.3. The minimum atomic E-state index is -0.602. The first kappa shape index (κ1) is 19.4. The molecular weight excluding hydrogens is 331 g/mol. The molecule has 0 spiro atoms. The molecule has 2 heterocycles. The van der Waals surface area contributed by atoms with Crippen molar-refractivity contribution >= 4 is 11.5 Å². The van der Waals surface area contributed by atoms with Crippen molar-refractivity contribution in [1.29, 1.82) is 0 Å². The lowest BCUT2D eigenvalue weighted by molar-refractivity contribution is -0.0465. The van der Waals surface area contributed by atoms with E-state index >= 15 is 0 Å². The Morgan fingerprint density at radius 1 is 1.27 bits per heavy atom. The molecule has 1 aliphatic heterocycles. The molecule has 3 N–H and O–H groups in total. The van der Waals surface area contributed by atoms with E-state index in [2.05, 4.69) is 22.3 Å².